The Kier molecular flexibility index (Phi) is 7.09. The smallest absolute Gasteiger partial charge is 0.410 e. The molecule has 2 amide bonds. The first-order valence-corrected chi connectivity index (χ1v) is 11.2. The van der Waals surface area contributed by atoms with Crippen LogP contribution in [0.25, 0.3) is 10.9 Å². The van der Waals surface area contributed by atoms with Crippen LogP contribution in [-0.2, 0) is 4.74 Å². The van der Waals surface area contributed by atoms with Gasteiger partial charge in [-0.1, -0.05) is 0 Å². The van der Waals surface area contributed by atoms with Crippen LogP contribution in [0.4, 0.5) is 9.18 Å². The molecule has 9 heteroatoms. The second kappa shape index (κ2) is 9.49. The van der Waals surface area contributed by atoms with Crippen molar-refractivity contribution in [2.24, 2.45) is 0 Å². The lowest BCUT2D eigenvalue weighted by atomic mass is 10.0. The van der Waals surface area contributed by atoms with Crippen LogP contribution in [-0.4, -0.2) is 71.5 Å². The van der Waals surface area contributed by atoms with Gasteiger partial charge in [-0.25, -0.2) is 9.18 Å². The number of benzene rings is 1. The molecule has 0 spiro atoms. The molecular formula is C24H34FN3O5. The van der Waals surface area contributed by atoms with E-state index in [1.54, 1.807) is 15.9 Å². The van der Waals surface area contributed by atoms with Crippen molar-refractivity contribution in [3.8, 4) is 5.75 Å². The number of piperidine rings is 1. The molecular weight excluding hydrogens is 429 g/mol. The third-order valence-electron chi connectivity index (χ3n) is 5.66. The van der Waals surface area contributed by atoms with E-state index in [1.807, 2.05) is 34.6 Å². The van der Waals surface area contributed by atoms with E-state index in [0.29, 0.717) is 24.0 Å². The zero-order chi connectivity index (χ0) is 24.5. The highest BCUT2D eigenvalue weighted by Gasteiger charge is 2.37. The van der Waals surface area contributed by atoms with Gasteiger partial charge in [-0.3, -0.25) is 4.79 Å². The normalized spacial score (nSPS) is 16.8. The first-order chi connectivity index (χ1) is 15.5. The minimum absolute atomic E-state index is 0.161. The van der Waals surface area contributed by atoms with E-state index >= 15 is 0 Å². The van der Waals surface area contributed by atoms with E-state index in [1.165, 1.54) is 31.1 Å². The molecule has 0 bridgehead atoms. The van der Waals surface area contributed by atoms with Crippen LogP contribution >= 0.6 is 0 Å². The summed E-state index contributed by atoms with van der Waals surface area (Å²) >= 11 is 0. The Morgan fingerprint density at radius 1 is 1.21 bits per heavy atom. The molecule has 0 N–H and O–H groups in total. The molecule has 1 fully saturated rings. The van der Waals surface area contributed by atoms with Gasteiger partial charge in [0.1, 0.15) is 18.5 Å². The van der Waals surface area contributed by atoms with Gasteiger partial charge in [-0.2, -0.15) is 4.73 Å². The summed E-state index contributed by atoms with van der Waals surface area (Å²) in [5, 5.41) is 0.449. The number of carbonyl (C=O) groups is 2. The summed E-state index contributed by atoms with van der Waals surface area (Å²) in [6.07, 6.45) is 1.10. The van der Waals surface area contributed by atoms with Gasteiger partial charge in [0.2, 0.25) is 0 Å². The molecule has 3 rings (SSSR count). The molecule has 1 aliphatic heterocycles. The molecule has 33 heavy (non-hydrogen) atoms. The van der Waals surface area contributed by atoms with Crippen LogP contribution in [0.1, 0.15) is 57.9 Å². The number of hydrogen-bond acceptors (Lipinski definition) is 5. The summed E-state index contributed by atoms with van der Waals surface area (Å²) in [5.74, 6) is -0.493. The third kappa shape index (κ3) is 5.02. The molecule has 8 nitrogen and oxygen atoms in total. The van der Waals surface area contributed by atoms with Gasteiger partial charge in [0.25, 0.3) is 5.91 Å². The lowest BCUT2D eigenvalue weighted by Gasteiger charge is -2.41. The van der Waals surface area contributed by atoms with Crippen molar-refractivity contribution in [2.75, 3.05) is 27.3 Å². The summed E-state index contributed by atoms with van der Waals surface area (Å²) in [5.41, 5.74) is 0.116. The average molecular weight is 464 g/mol. The van der Waals surface area contributed by atoms with Crippen molar-refractivity contribution in [2.45, 2.75) is 65.1 Å². The number of carbonyl (C=O) groups excluding carboxylic acids is 2. The molecule has 0 aliphatic carbocycles. The zero-order valence-corrected chi connectivity index (χ0v) is 20.5. The summed E-state index contributed by atoms with van der Waals surface area (Å²) in [7, 11) is 2.89. The Morgan fingerprint density at radius 3 is 2.48 bits per heavy atom. The maximum Gasteiger partial charge on any atom is 0.410 e. The predicted molar refractivity (Wildman–Crippen MR) is 123 cm³/mol. The van der Waals surface area contributed by atoms with Crippen molar-refractivity contribution in [1.29, 1.82) is 0 Å². The largest absolute Gasteiger partial charge is 0.493 e. The van der Waals surface area contributed by atoms with Crippen LogP contribution < -0.4 is 9.57 Å². The molecule has 1 aromatic heterocycles. The fourth-order valence-electron chi connectivity index (χ4n) is 4.41. The lowest BCUT2D eigenvalue weighted by Crippen LogP contribution is -2.54. The van der Waals surface area contributed by atoms with Crippen molar-refractivity contribution in [3.63, 3.8) is 0 Å². The molecule has 1 aromatic carbocycles. The molecule has 0 unspecified atom stereocenters. The number of nitrogens with zero attached hydrogens (tertiary/aromatic N) is 3. The Balaban J connectivity index is 1.99. The van der Waals surface area contributed by atoms with E-state index in [0.717, 1.165) is 12.8 Å². The Morgan fingerprint density at radius 2 is 1.91 bits per heavy atom. The van der Waals surface area contributed by atoms with Crippen LogP contribution in [0.5, 0.6) is 5.75 Å². The number of halogens is 1. The molecule has 0 saturated carbocycles. The number of fused-ring (bicyclic) bond motifs is 1. The van der Waals surface area contributed by atoms with Gasteiger partial charge < -0.3 is 24.1 Å². The standard InChI is InChI=1S/C24H34FN3O5/c1-15(2)27(17-9-8-12-26(14-17)23(30)33-24(3,4)5)22(29)20-21(31-6)18-13-16(25)10-11-19(18)28(20)32-7/h10-11,13,15,17H,8-9,12,14H2,1-7H3/t17-/m1/s1. The maximum absolute atomic E-state index is 14.0. The van der Waals surface area contributed by atoms with Crippen LogP contribution in [0, 0.1) is 5.82 Å². The van der Waals surface area contributed by atoms with Crippen LogP contribution in [0.15, 0.2) is 18.2 Å². The lowest BCUT2D eigenvalue weighted by molar-refractivity contribution is 0.00678. The van der Waals surface area contributed by atoms with Crippen molar-refractivity contribution < 1.29 is 28.3 Å². The van der Waals surface area contributed by atoms with Crippen molar-refractivity contribution >= 4 is 22.9 Å². The van der Waals surface area contributed by atoms with Gasteiger partial charge in [0, 0.05) is 24.5 Å². The third-order valence-corrected chi connectivity index (χ3v) is 5.66. The zero-order valence-electron chi connectivity index (χ0n) is 20.5. The first-order valence-electron chi connectivity index (χ1n) is 11.2. The molecule has 0 radical (unpaired) electrons. The minimum atomic E-state index is -0.598. The Labute approximate surface area is 194 Å². The topological polar surface area (TPSA) is 73.2 Å². The molecule has 1 saturated heterocycles. The van der Waals surface area contributed by atoms with Gasteiger partial charge in [-0.05, 0) is 65.7 Å². The van der Waals surface area contributed by atoms with E-state index < -0.39 is 11.4 Å². The number of rotatable bonds is 5. The SMILES string of the molecule is COc1c(C(=O)N(C(C)C)[C@@H]2CCCN(C(=O)OC(C)(C)C)C2)n(OC)c2ccc(F)cc12. The van der Waals surface area contributed by atoms with Crippen LogP contribution in [0.3, 0.4) is 0 Å². The van der Waals surface area contributed by atoms with Gasteiger partial charge in [0.05, 0.1) is 18.7 Å². The second-order valence-electron chi connectivity index (χ2n) is 9.55. The van der Waals surface area contributed by atoms with Crippen molar-refractivity contribution in [1.82, 2.24) is 14.5 Å². The summed E-state index contributed by atoms with van der Waals surface area (Å²) < 4.78 is 26.4. The quantitative estimate of drug-likeness (QED) is 0.668. The number of aromatic nitrogens is 1. The number of amides is 2. The number of likely N-dealkylation sites (tertiary alicyclic amines) is 1. The number of ether oxygens (including phenoxy) is 2. The molecule has 1 aliphatic rings. The first kappa shape index (κ1) is 24.7. The minimum Gasteiger partial charge on any atom is -0.493 e. The Bertz CT molecular complexity index is 1030. The number of hydrogen-bond donors (Lipinski definition) is 0. The van der Waals surface area contributed by atoms with Gasteiger partial charge in [0.15, 0.2) is 11.4 Å². The highest BCUT2D eigenvalue weighted by molar-refractivity contribution is 6.04. The fourth-order valence-corrected chi connectivity index (χ4v) is 4.41. The van der Waals surface area contributed by atoms with Gasteiger partial charge in [-0.15, -0.1) is 0 Å². The average Bonchev–Trinajstić information content (AvgIpc) is 3.05. The summed E-state index contributed by atoms with van der Waals surface area (Å²) in [6, 6.07) is 3.81. The highest BCUT2D eigenvalue weighted by atomic mass is 19.1. The van der Waals surface area contributed by atoms with Crippen molar-refractivity contribution in [3.05, 3.63) is 29.7 Å². The molecule has 2 heterocycles. The van der Waals surface area contributed by atoms with Gasteiger partial charge >= 0.3 is 6.09 Å². The maximum atomic E-state index is 14.0. The monoisotopic (exact) mass is 463 g/mol. The highest BCUT2D eigenvalue weighted by Crippen LogP contribution is 2.35. The summed E-state index contributed by atoms with van der Waals surface area (Å²) in [4.78, 5) is 35.5. The van der Waals surface area contributed by atoms with E-state index in [-0.39, 0.29) is 35.5 Å². The molecule has 1 atom stereocenters. The van der Waals surface area contributed by atoms with E-state index in [4.69, 9.17) is 14.3 Å². The summed E-state index contributed by atoms with van der Waals surface area (Å²) in [6.45, 7) is 10.3. The Hall–Kier alpha value is -2.97. The number of methoxy groups -OCH3 is 1. The predicted octanol–water partition coefficient (Wildman–Crippen LogP) is 4.10. The molecule has 182 valence electrons. The molecule has 2 aromatic rings. The van der Waals surface area contributed by atoms with E-state index in [9.17, 15) is 14.0 Å². The second-order valence-corrected chi connectivity index (χ2v) is 9.55. The van der Waals surface area contributed by atoms with E-state index in [2.05, 4.69) is 0 Å². The fraction of sp³-hybridized carbons (Fsp3) is 0.583. The van der Waals surface area contributed by atoms with Crippen LogP contribution in [0.2, 0.25) is 0 Å².